The summed E-state index contributed by atoms with van der Waals surface area (Å²) in [4.78, 5) is 31.3. The molecule has 2 aromatic heterocycles. The molecule has 0 spiro atoms. The Labute approximate surface area is 171 Å². The number of carbonyl (C=O) groups excluding carboxylic acids is 2. The second-order valence-electron chi connectivity index (χ2n) is 8.80. The van der Waals surface area contributed by atoms with E-state index in [1.807, 2.05) is 47.0 Å². The zero-order valence-electron chi connectivity index (χ0n) is 17.8. The quantitative estimate of drug-likeness (QED) is 0.726. The maximum absolute atomic E-state index is 12.5. The van der Waals surface area contributed by atoms with Gasteiger partial charge in [-0.1, -0.05) is 26.8 Å². The monoisotopic (exact) mass is 398 g/mol. The Balaban J connectivity index is 1.73. The Bertz CT molecular complexity index is 863. The highest BCUT2D eigenvalue weighted by atomic mass is 16.2. The molecule has 2 N–H and O–H groups in total. The molecular weight excluding hydrogens is 368 g/mol. The Morgan fingerprint density at radius 3 is 2.52 bits per heavy atom. The van der Waals surface area contributed by atoms with Gasteiger partial charge in [0.1, 0.15) is 5.82 Å². The molecule has 3 rings (SSSR count). The molecule has 2 heterocycles. The summed E-state index contributed by atoms with van der Waals surface area (Å²) in [7, 11) is 3.99. The van der Waals surface area contributed by atoms with Crippen molar-refractivity contribution in [1.29, 1.82) is 0 Å². The van der Waals surface area contributed by atoms with Crippen molar-refractivity contribution in [2.75, 3.05) is 26.0 Å². The zero-order chi connectivity index (χ0) is 21.2. The predicted molar refractivity (Wildman–Crippen MR) is 112 cm³/mol. The van der Waals surface area contributed by atoms with E-state index < -0.39 is 11.8 Å². The number of likely N-dealkylation sites (N-methyl/N-ethyl adjacent to an activating group) is 1. The molecule has 0 aromatic carbocycles. The van der Waals surface area contributed by atoms with Crippen molar-refractivity contribution in [3.63, 3.8) is 0 Å². The van der Waals surface area contributed by atoms with Gasteiger partial charge in [0.2, 0.25) is 0 Å². The molecule has 1 aliphatic carbocycles. The van der Waals surface area contributed by atoms with E-state index in [9.17, 15) is 9.59 Å². The Morgan fingerprint density at radius 1 is 1.24 bits per heavy atom. The molecule has 0 saturated heterocycles. The van der Waals surface area contributed by atoms with Crippen molar-refractivity contribution in [2.45, 2.75) is 45.1 Å². The van der Waals surface area contributed by atoms with E-state index in [0.29, 0.717) is 24.1 Å². The van der Waals surface area contributed by atoms with E-state index in [0.717, 1.165) is 5.69 Å². The van der Waals surface area contributed by atoms with Crippen molar-refractivity contribution in [2.24, 2.45) is 5.92 Å². The maximum Gasteiger partial charge on any atom is 0.314 e. The number of rotatable bonds is 6. The molecule has 2 aromatic rings. The first-order valence-corrected chi connectivity index (χ1v) is 9.94. The Kier molecular flexibility index (Phi) is 6.02. The summed E-state index contributed by atoms with van der Waals surface area (Å²) in [5.41, 5.74) is 0.575. The average Bonchev–Trinajstić information content (AvgIpc) is 3.40. The van der Waals surface area contributed by atoms with Crippen LogP contribution in [0, 0.1) is 5.92 Å². The van der Waals surface area contributed by atoms with Gasteiger partial charge in [0.05, 0.1) is 5.69 Å². The maximum atomic E-state index is 12.5. The number of carbonyl (C=O) groups is 2. The van der Waals surface area contributed by atoms with E-state index in [1.165, 1.54) is 12.8 Å². The van der Waals surface area contributed by atoms with Crippen LogP contribution < -0.4 is 10.6 Å². The molecule has 1 fully saturated rings. The second-order valence-corrected chi connectivity index (χ2v) is 8.80. The van der Waals surface area contributed by atoms with Crippen LogP contribution in [0.3, 0.4) is 0 Å². The molecule has 1 atom stereocenters. The van der Waals surface area contributed by atoms with E-state index in [2.05, 4.69) is 25.6 Å². The van der Waals surface area contributed by atoms with Crippen molar-refractivity contribution in [1.82, 2.24) is 25.0 Å². The van der Waals surface area contributed by atoms with Crippen LogP contribution in [0.2, 0.25) is 0 Å². The van der Waals surface area contributed by atoms with E-state index >= 15 is 0 Å². The van der Waals surface area contributed by atoms with Crippen molar-refractivity contribution in [3.8, 4) is 5.82 Å². The SMILES string of the molecule is CN(C)[C@@H](CNC(=O)C(=O)Nc1cc(C(C)(C)C)nn1-c1ccccn1)C1CC1. The third-order valence-electron chi connectivity index (χ3n) is 5.09. The third-order valence-corrected chi connectivity index (χ3v) is 5.09. The predicted octanol–water partition coefficient (Wildman–Crippen LogP) is 1.96. The molecular formula is C21H30N6O2. The molecule has 8 heteroatoms. The van der Waals surface area contributed by atoms with Crippen molar-refractivity contribution < 1.29 is 9.59 Å². The summed E-state index contributed by atoms with van der Waals surface area (Å²) in [6.07, 6.45) is 4.00. The van der Waals surface area contributed by atoms with Gasteiger partial charge in [-0.25, -0.2) is 4.98 Å². The number of pyridine rings is 1. The largest absolute Gasteiger partial charge is 0.346 e. The molecule has 0 radical (unpaired) electrons. The molecule has 2 amide bonds. The zero-order valence-corrected chi connectivity index (χ0v) is 17.8. The van der Waals surface area contributed by atoms with Crippen LogP contribution in [0.1, 0.15) is 39.3 Å². The minimum absolute atomic E-state index is 0.217. The van der Waals surface area contributed by atoms with Gasteiger partial charge in [-0.05, 0) is 45.0 Å². The summed E-state index contributed by atoms with van der Waals surface area (Å²) in [6, 6.07) is 7.49. The van der Waals surface area contributed by atoms with Gasteiger partial charge in [-0.3, -0.25) is 9.59 Å². The summed E-state index contributed by atoms with van der Waals surface area (Å²) in [5.74, 6) is 0.216. The Hall–Kier alpha value is -2.74. The molecule has 0 aliphatic heterocycles. The van der Waals surface area contributed by atoms with Gasteiger partial charge in [0.15, 0.2) is 5.82 Å². The molecule has 0 unspecified atom stereocenters. The number of hydrogen-bond donors (Lipinski definition) is 2. The van der Waals surface area contributed by atoms with Crippen molar-refractivity contribution in [3.05, 3.63) is 36.2 Å². The van der Waals surface area contributed by atoms with Gasteiger partial charge in [-0.2, -0.15) is 9.78 Å². The lowest BCUT2D eigenvalue weighted by atomic mass is 9.92. The fourth-order valence-corrected chi connectivity index (χ4v) is 3.19. The van der Waals surface area contributed by atoms with Gasteiger partial charge >= 0.3 is 11.8 Å². The molecule has 1 saturated carbocycles. The van der Waals surface area contributed by atoms with E-state index in [1.54, 1.807) is 23.0 Å². The minimum atomic E-state index is -0.712. The lowest BCUT2D eigenvalue weighted by Gasteiger charge is -2.24. The second kappa shape index (κ2) is 8.32. The number of nitrogens with one attached hydrogen (secondary N) is 2. The van der Waals surface area contributed by atoms with E-state index in [-0.39, 0.29) is 11.5 Å². The van der Waals surface area contributed by atoms with E-state index in [4.69, 9.17) is 0 Å². The van der Waals surface area contributed by atoms with Gasteiger partial charge in [-0.15, -0.1) is 0 Å². The van der Waals surface area contributed by atoms with Gasteiger partial charge < -0.3 is 15.5 Å². The van der Waals surface area contributed by atoms with Crippen LogP contribution in [0.15, 0.2) is 30.5 Å². The van der Waals surface area contributed by atoms with Gasteiger partial charge in [0, 0.05) is 30.3 Å². The molecule has 8 nitrogen and oxygen atoms in total. The highest BCUT2D eigenvalue weighted by Crippen LogP contribution is 2.34. The number of aromatic nitrogens is 3. The number of hydrogen-bond acceptors (Lipinski definition) is 5. The van der Waals surface area contributed by atoms with Crippen LogP contribution in [0.5, 0.6) is 0 Å². The first-order valence-electron chi connectivity index (χ1n) is 9.94. The highest BCUT2D eigenvalue weighted by Gasteiger charge is 2.33. The summed E-state index contributed by atoms with van der Waals surface area (Å²) in [6.45, 7) is 6.57. The van der Waals surface area contributed by atoms with Crippen LogP contribution >= 0.6 is 0 Å². The first-order chi connectivity index (χ1) is 13.7. The van der Waals surface area contributed by atoms with Crippen molar-refractivity contribution >= 4 is 17.6 Å². The summed E-state index contributed by atoms with van der Waals surface area (Å²) < 4.78 is 1.55. The van der Waals surface area contributed by atoms with Crippen LogP contribution in [-0.4, -0.2) is 58.2 Å². The minimum Gasteiger partial charge on any atom is -0.346 e. The fourth-order valence-electron chi connectivity index (χ4n) is 3.19. The Morgan fingerprint density at radius 2 is 1.97 bits per heavy atom. The molecule has 156 valence electrons. The number of nitrogens with zero attached hydrogens (tertiary/aromatic N) is 4. The highest BCUT2D eigenvalue weighted by molar-refractivity contribution is 6.39. The van der Waals surface area contributed by atoms with Gasteiger partial charge in [0.25, 0.3) is 0 Å². The fraction of sp³-hybridized carbons (Fsp3) is 0.524. The average molecular weight is 399 g/mol. The van der Waals surface area contributed by atoms with Crippen LogP contribution in [-0.2, 0) is 15.0 Å². The third kappa shape index (κ3) is 5.20. The standard InChI is InChI=1S/C21H30N6O2/c1-21(2,3)16-12-18(27(25-16)17-8-6-7-11-22-17)24-20(29)19(28)23-13-15(26(4)5)14-9-10-14/h6-8,11-12,14-15H,9-10,13H2,1-5H3,(H,23,28)(H,24,29)/t15-/m0/s1. The summed E-state index contributed by atoms with van der Waals surface area (Å²) >= 11 is 0. The molecule has 29 heavy (non-hydrogen) atoms. The first kappa shape index (κ1) is 21.0. The molecule has 1 aliphatic rings. The topological polar surface area (TPSA) is 92.2 Å². The number of amides is 2. The van der Waals surface area contributed by atoms with Crippen LogP contribution in [0.4, 0.5) is 5.82 Å². The normalized spacial score (nSPS) is 15.2. The lowest BCUT2D eigenvalue weighted by molar-refractivity contribution is -0.136. The lowest BCUT2D eigenvalue weighted by Crippen LogP contribution is -2.45. The van der Waals surface area contributed by atoms with Crippen LogP contribution in [0.25, 0.3) is 5.82 Å². The smallest absolute Gasteiger partial charge is 0.314 e. The number of anilines is 1. The molecule has 0 bridgehead atoms. The summed E-state index contributed by atoms with van der Waals surface area (Å²) in [5, 5.41) is 10.1.